The van der Waals surface area contributed by atoms with E-state index in [0.29, 0.717) is 18.3 Å². The smallest absolute Gasteiger partial charge is 0.325 e. The van der Waals surface area contributed by atoms with E-state index in [1.54, 1.807) is 4.90 Å². The lowest BCUT2D eigenvalue weighted by Crippen LogP contribution is -2.41. The highest BCUT2D eigenvalue weighted by Crippen LogP contribution is 2.21. The number of aliphatic carboxylic acids is 1. The van der Waals surface area contributed by atoms with Gasteiger partial charge in [0.05, 0.1) is 6.20 Å². The van der Waals surface area contributed by atoms with Gasteiger partial charge >= 0.3 is 5.97 Å². The van der Waals surface area contributed by atoms with Crippen LogP contribution < -0.4 is 0 Å². The van der Waals surface area contributed by atoms with E-state index in [0.717, 1.165) is 16.9 Å². The molecule has 0 spiro atoms. The van der Waals surface area contributed by atoms with Crippen LogP contribution in [0.15, 0.2) is 6.20 Å². The molecule has 0 saturated carbocycles. The lowest BCUT2D eigenvalue weighted by molar-refractivity contribution is -0.137. The first kappa shape index (κ1) is 13.9. The largest absolute Gasteiger partial charge is 0.480 e. The van der Waals surface area contributed by atoms with Gasteiger partial charge in [0, 0.05) is 24.1 Å². The summed E-state index contributed by atoms with van der Waals surface area (Å²) in [5, 5.41) is 16.5. The molecule has 2 heterocycles. The van der Waals surface area contributed by atoms with Crippen LogP contribution in [0.5, 0.6) is 0 Å². The summed E-state index contributed by atoms with van der Waals surface area (Å²) in [4.78, 5) is 24.5. The van der Waals surface area contributed by atoms with Crippen LogP contribution in [0.2, 0.25) is 0 Å². The van der Waals surface area contributed by atoms with Crippen molar-refractivity contribution in [1.82, 2.24) is 19.9 Å². The zero-order valence-electron chi connectivity index (χ0n) is 10.7. The molecule has 1 N–H and O–H groups in total. The van der Waals surface area contributed by atoms with Gasteiger partial charge < -0.3 is 10.0 Å². The second-order valence-corrected chi connectivity index (χ2v) is 5.76. The fourth-order valence-corrected chi connectivity index (χ4v) is 3.11. The highest BCUT2D eigenvalue weighted by Gasteiger charge is 2.25. The lowest BCUT2D eigenvalue weighted by Gasteiger charge is -2.31. The Morgan fingerprint density at radius 2 is 2.37 bits per heavy atom. The maximum absolute atomic E-state index is 12.2. The molecule has 1 aliphatic rings. The normalized spacial score (nSPS) is 19.4. The van der Waals surface area contributed by atoms with Crippen molar-refractivity contribution in [2.45, 2.75) is 25.1 Å². The number of hydrogen-bond acceptors (Lipinski definition) is 5. The van der Waals surface area contributed by atoms with Crippen LogP contribution in [0, 0.1) is 0 Å². The predicted octanol–water partition coefficient (Wildman–Crippen LogP) is 0.330. The molecular formula is C11H16N4O3S. The highest BCUT2D eigenvalue weighted by molar-refractivity contribution is 8.00. The summed E-state index contributed by atoms with van der Waals surface area (Å²) >= 11 is 1.88. The fourth-order valence-electron chi connectivity index (χ4n) is 1.93. The van der Waals surface area contributed by atoms with Crippen LogP contribution in [0.4, 0.5) is 0 Å². The third-order valence-electron chi connectivity index (χ3n) is 2.94. The molecule has 2 rings (SSSR count). The van der Waals surface area contributed by atoms with Crippen LogP contribution in [-0.2, 0) is 11.3 Å². The Balaban J connectivity index is 2.02. The summed E-state index contributed by atoms with van der Waals surface area (Å²) in [6.45, 7) is 3.24. The molecule has 0 aromatic carbocycles. The molecule has 1 aliphatic heterocycles. The van der Waals surface area contributed by atoms with E-state index in [9.17, 15) is 9.59 Å². The van der Waals surface area contributed by atoms with E-state index in [1.165, 1.54) is 6.20 Å². The maximum Gasteiger partial charge on any atom is 0.325 e. The number of hydrogen-bond donors (Lipinski definition) is 1. The van der Waals surface area contributed by atoms with E-state index in [-0.39, 0.29) is 18.1 Å². The standard InChI is InChI=1S/C11H16N4O3S/c1-2-8-5-14(3-4-19-8)11(18)9-6-15(13-12-9)7-10(16)17/h6,8H,2-5,7H2,1H3,(H,16,17). The van der Waals surface area contributed by atoms with Crippen molar-refractivity contribution in [3.8, 4) is 0 Å². The molecule has 1 atom stereocenters. The molecule has 104 valence electrons. The Hall–Kier alpha value is -1.57. The zero-order valence-corrected chi connectivity index (χ0v) is 11.5. The molecule has 1 aromatic rings. The zero-order chi connectivity index (χ0) is 13.8. The first-order valence-electron chi connectivity index (χ1n) is 6.13. The number of aromatic nitrogens is 3. The average molecular weight is 284 g/mol. The van der Waals surface area contributed by atoms with Gasteiger partial charge in [0.15, 0.2) is 5.69 Å². The molecule has 0 radical (unpaired) electrons. The molecule has 0 bridgehead atoms. The van der Waals surface area contributed by atoms with Crippen molar-refractivity contribution in [3.05, 3.63) is 11.9 Å². The van der Waals surface area contributed by atoms with Gasteiger partial charge in [-0.3, -0.25) is 9.59 Å². The van der Waals surface area contributed by atoms with Crippen molar-refractivity contribution in [1.29, 1.82) is 0 Å². The van der Waals surface area contributed by atoms with Crippen LogP contribution >= 0.6 is 11.8 Å². The van der Waals surface area contributed by atoms with Crippen molar-refractivity contribution in [3.63, 3.8) is 0 Å². The summed E-state index contributed by atoms with van der Waals surface area (Å²) in [5.74, 6) is -0.257. The van der Waals surface area contributed by atoms with Crippen molar-refractivity contribution in [2.24, 2.45) is 0 Å². The Labute approximate surface area is 115 Å². The maximum atomic E-state index is 12.2. The van der Waals surface area contributed by atoms with E-state index >= 15 is 0 Å². The minimum absolute atomic E-state index is 0.171. The van der Waals surface area contributed by atoms with Gasteiger partial charge in [-0.15, -0.1) is 5.10 Å². The number of carboxylic acids is 1. The molecule has 1 amide bonds. The van der Waals surface area contributed by atoms with Crippen molar-refractivity contribution < 1.29 is 14.7 Å². The number of amides is 1. The summed E-state index contributed by atoms with van der Waals surface area (Å²) < 4.78 is 1.16. The highest BCUT2D eigenvalue weighted by atomic mass is 32.2. The molecule has 7 nitrogen and oxygen atoms in total. The van der Waals surface area contributed by atoms with E-state index in [1.807, 2.05) is 11.8 Å². The van der Waals surface area contributed by atoms with Crippen LogP contribution in [0.1, 0.15) is 23.8 Å². The van der Waals surface area contributed by atoms with E-state index in [2.05, 4.69) is 17.2 Å². The molecule has 1 saturated heterocycles. The Bertz CT molecular complexity index is 476. The number of carboxylic acid groups (broad SMARTS) is 1. The fraction of sp³-hybridized carbons (Fsp3) is 0.636. The monoisotopic (exact) mass is 284 g/mol. The van der Waals surface area contributed by atoms with Crippen LogP contribution in [-0.4, -0.2) is 61.0 Å². The number of nitrogens with zero attached hydrogens (tertiary/aromatic N) is 4. The van der Waals surface area contributed by atoms with Crippen molar-refractivity contribution in [2.75, 3.05) is 18.8 Å². The Morgan fingerprint density at radius 3 is 3.05 bits per heavy atom. The third kappa shape index (κ3) is 3.46. The SMILES string of the molecule is CCC1CN(C(=O)c2cn(CC(=O)O)nn2)CCS1. The van der Waals surface area contributed by atoms with Gasteiger partial charge in [-0.25, -0.2) is 4.68 Å². The molecule has 0 aliphatic carbocycles. The number of carbonyl (C=O) groups is 2. The molecule has 1 unspecified atom stereocenters. The Kier molecular flexibility index (Phi) is 4.41. The minimum Gasteiger partial charge on any atom is -0.480 e. The van der Waals surface area contributed by atoms with Crippen LogP contribution in [0.3, 0.4) is 0 Å². The number of thioether (sulfide) groups is 1. The Morgan fingerprint density at radius 1 is 1.58 bits per heavy atom. The summed E-state index contributed by atoms with van der Waals surface area (Å²) in [5.41, 5.74) is 0.211. The van der Waals surface area contributed by atoms with Gasteiger partial charge in [0.1, 0.15) is 6.54 Å². The summed E-state index contributed by atoms with van der Waals surface area (Å²) in [6.07, 6.45) is 2.42. The van der Waals surface area contributed by atoms with Gasteiger partial charge in [-0.2, -0.15) is 11.8 Å². The predicted molar refractivity (Wildman–Crippen MR) is 70.1 cm³/mol. The number of carbonyl (C=O) groups excluding carboxylic acids is 1. The topological polar surface area (TPSA) is 88.3 Å². The van der Waals surface area contributed by atoms with Gasteiger partial charge in [0.2, 0.25) is 0 Å². The molecule has 19 heavy (non-hydrogen) atoms. The quantitative estimate of drug-likeness (QED) is 0.857. The number of rotatable bonds is 4. The summed E-state index contributed by atoms with van der Waals surface area (Å²) in [6, 6.07) is 0. The van der Waals surface area contributed by atoms with E-state index in [4.69, 9.17) is 5.11 Å². The lowest BCUT2D eigenvalue weighted by atomic mass is 10.2. The van der Waals surface area contributed by atoms with Crippen molar-refractivity contribution >= 4 is 23.6 Å². The average Bonchev–Trinajstić information content (AvgIpc) is 2.85. The second kappa shape index (κ2) is 6.05. The molecular weight excluding hydrogens is 268 g/mol. The molecule has 8 heteroatoms. The third-order valence-corrected chi connectivity index (χ3v) is 4.31. The van der Waals surface area contributed by atoms with Gasteiger partial charge in [0.25, 0.3) is 5.91 Å². The van der Waals surface area contributed by atoms with Gasteiger partial charge in [-0.1, -0.05) is 12.1 Å². The second-order valence-electron chi connectivity index (χ2n) is 4.35. The molecule has 1 fully saturated rings. The van der Waals surface area contributed by atoms with E-state index < -0.39 is 5.97 Å². The van der Waals surface area contributed by atoms with Gasteiger partial charge in [-0.05, 0) is 6.42 Å². The molecule has 1 aromatic heterocycles. The van der Waals surface area contributed by atoms with Crippen LogP contribution in [0.25, 0.3) is 0 Å². The first-order valence-corrected chi connectivity index (χ1v) is 7.17. The summed E-state index contributed by atoms with van der Waals surface area (Å²) in [7, 11) is 0. The minimum atomic E-state index is -1.01. The first-order chi connectivity index (χ1) is 9.10.